The summed E-state index contributed by atoms with van der Waals surface area (Å²) in [7, 11) is 0. The van der Waals surface area contributed by atoms with E-state index in [4.69, 9.17) is 0 Å². The van der Waals surface area contributed by atoms with E-state index in [1.165, 1.54) is 4.90 Å². The molecular weight excluding hydrogens is 266 g/mol. The molecule has 1 saturated heterocycles. The molecule has 0 bridgehead atoms. The molecule has 1 heterocycles. The molecule has 122 valence electrons. The number of unbranched alkanes of at least 4 members (excludes halogenated alkanes) is 2. The Kier molecular flexibility index (Phi) is 7.15. The van der Waals surface area contributed by atoms with Crippen molar-refractivity contribution in [3.05, 3.63) is 0 Å². The third kappa shape index (κ3) is 4.19. The fraction of sp³-hybridized carbons (Fsp3) is 0.875. The first kappa shape index (κ1) is 18.0. The number of nitrogens with one attached hydrogen (secondary N) is 1. The van der Waals surface area contributed by atoms with Crippen molar-refractivity contribution in [3.8, 4) is 0 Å². The Bertz CT molecular complexity index is 345. The molecule has 0 aromatic rings. The van der Waals surface area contributed by atoms with Gasteiger partial charge in [0.25, 0.3) is 5.91 Å². The van der Waals surface area contributed by atoms with Crippen LogP contribution >= 0.6 is 0 Å². The van der Waals surface area contributed by atoms with Crippen LogP contribution in [0.3, 0.4) is 0 Å². The fourth-order valence-electron chi connectivity index (χ4n) is 2.75. The van der Waals surface area contributed by atoms with Gasteiger partial charge in [0.2, 0.25) is 0 Å². The molecule has 0 spiro atoms. The molecule has 0 aromatic heterocycles. The van der Waals surface area contributed by atoms with Crippen molar-refractivity contribution in [3.63, 3.8) is 0 Å². The summed E-state index contributed by atoms with van der Waals surface area (Å²) >= 11 is 0. The van der Waals surface area contributed by atoms with Gasteiger partial charge in [-0.05, 0) is 38.8 Å². The molecule has 0 atom stereocenters. The van der Waals surface area contributed by atoms with Crippen molar-refractivity contribution in [2.45, 2.75) is 71.8 Å². The zero-order valence-electron chi connectivity index (χ0n) is 14.1. The Morgan fingerprint density at radius 3 is 1.90 bits per heavy atom. The Morgan fingerprint density at radius 1 is 1.00 bits per heavy atom. The maximum absolute atomic E-state index is 12.6. The molecule has 0 saturated carbocycles. The van der Waals surface area contributed by atoms with Crippen LogP contribution in [0.15, 0.2) is 0 Å². The molecule has 0 aromatic carbocycles. The number of imide groups is 1. The van der Waals surface area contributed by atoms with Gasteiger partial charge in [0.15, 0.2) is 0 Å². The van der Waals surface area contributed by atoms with Gasteiger partial charge < -0.3 is 5.32 Å². The van der Waals surface area contributed by atoms with E-state index in [1.54, 1.807) is 0 Å². The quantitative estimate of drug-likeness (QED) is 0.631. The summed E-state index contributed by atoms with van der Waals surface area (Å²) in [6, 6.07) is -0.235. The van der Waals surface area contributed by atoms with Crippen molar-refractivity contribution in [2.75, 3.05) is 19.8 Å². The van der Waals surface area contributed by atoms with Gasteiger partial charge >= 0.3 is 6.03 Å². The first-order chi connectivity index (χ1) is 10.0. The largest absolute Gasteiger partial charge is 0.326 e. The number of nitrogens with zero attached hydrogens (tertiary/aromatic N) is 2. The summed E-state index contributed by atoms with van der Waals surface area (Å²) in [5.74, 6) is -0.0597. The van der Waals surface area contributed by atoms with Gasteiger partial charge in [-0.1, -0.05) is 40.5 Å². The van der Waals surface area contributed by atoms with E-state index in [9.17, 15) is 9.59 Å². The van der Waals surface area contributed by atoms with Crippen LogP contribution in [0.1, 0.15) is 66.2 Å². The summed E-state index contributed by atoms with van der Waals surface area (Å²) in [5, 5.41) is 2.89. The lowest BCUT2D eigenvalue weighted by atomic mass is 9.93. The highest BCUT2D eigenvalue weighted by Gasteiger charge is 2.48. The highest BCUT2D eigenvalue weighted by atomic mass is 16.2. The summed E-state index contributed by atoms with van der Waals surface area (Å²) in [6.07, 6.45) is 5.73. The lowest BCUT2D eigenvalue weighted by Gasteiger charge is -2.27. The molecule has 1 aliphatic rings. The summed E-state index contributed by atoms with van der Waals surface area (Å²) in [6.45, 7) is 10.5. The normalized spacial score (nSPS) is 17.7. The monoisotopic (exact) mass is 297 g/mol. The molecule has 0 radical (unpaired) electrons. The average molecular weight is 297 g/mol. The molecule has 5 heteroatoms. The Balaban J connectivity index is 2.73. The molecule has 1 rings (SSSR count). The highest BCUT2D eigenvalue weighted by molar-refractivity contribution is 6.06. The Hall–Kier alpha value is -1.10. The Morgan fingerprint density at radius 2 is 1.52 bits per heavy atom. The SMILES string of the molecule is CCCCN(CCCC)CN1C(=O)NC(CC)(CC)C1=O. The van der Waals surface area contributed by atoms with Crippen LogP contribution in [0.25, 0.3) is 0 Å². The van der Waals surface area contributed by atoms with E-state index in [-0.39, 0.29) is 11.9 Å². The molecule has 5 nitrogen and oxygen atoms in total. The maximum atomic E-state index is 12.6. The fourth-order valence-corrected chi connectivity index (χ4v) is 2.75. The molecule has 0 aliphatic carbocycles. The van der Waals surface area contributed by atoms with Crippen molar-refractivity contribution in [2.24, 2.45) is 0 Å². The van der Waals surface area contributed by atoms with Gasteiger partial charge in [-0.15, -0.1) is 0 Å². The van der Waals surface area contributed by atoms with Gasteiger partial charge in [-0.25, -0.2) is 9.69 Å². The predicted octanol–water partition coefficient (Wildman–Crippen LogP) is 2.96. The van der Waals surface area contributed by atoms with Crippen molar-refractivity contribution in [1.82, 2.24) is 15.1 Å². The molecule has 1 fully saturated rings. The second kappa shape index (κ2) is 8.37. The minimum atomic E-state index is -0.682. The van der Waals surface area contributed by atoms with Crippen LogP contribution in [-0.4, -0.2) is 47.0 Å². The molecular formula is C16H31N3O2. The van der Waals surface area contributed by atoms with E-state index in [0.717, 1.165) is 38.8 Å². The zero-order valence-corrected chi connectivity index (χ0v) is 14.1. The summed E-state index contributed by atoms with van der Waals surface area (Å²) in [4.78, 5) is 28.4. The van der Waals surface area contributed by atoms with Crippen LogP contribution in [-0.2, 0) is 4.79 Å². The highest BCUT2D eigenvalue weighted by Crippen LogP contribution is 2.25. The van der Waals surface area contributed by atoms with E-state index in [0.29, 0.717) is 19.5 Å². The van der Waals surface area contributed by atoms with Gasteiger partial charge in [0.05, 0.1) is 6.67 Å². The number of carbonyl (C=O) groups is 2. The topological polar surface area (TPSA) is 52.6 Å². The van der Waals surface area contributed by atoms with E-state index < -0.39 is 5.54 Å². The lowest BCUT2D eigenvalue weighted by molar-refractivity contribution is -0.133. The molecule has 21 heavy (non-hydrogen) atoms. The third-order valence-electron chi connectivity index (χ3n) is 4.45. The number of rotatable bonds is 10. The third-order valence-corrected chi connectivity index (χ3v) is 4.45. The van der Waals surface area contributed by atoms with Crippen molar-refractivity contribution >= 4 is 11.9 Å². The van der Waals surface area contributed by atoms with Crippen LogP contribution in [0.5, 0.6) is 0 Å². The second-order valence-corrected chi connectivity index (χ2v) is 5.92. The second-order valence-electron chi connectivity index (χ2n) is 5.92. The van der Waals surface area contributed by atoms with Crippen LogP contribution in [0.2, 0.25) is 0 Å². The van der Waals surface area contributed by atoms with Gasteiger partial charge in [-0.3, -0.25) is 9.69 Å². The number of hydrogen-bond acceptors (Lipinski definition) is 3. The lowest BCUT2D eigenvalue weighted by Crippen LogP contribution is -2.47. The van der Waals surface area contributed by atoms with E-state index in [1.807, 2.05) is 13.8 Å². The Labute approximate surface area is 129 Å². The first-order valence-corrected chi connectivity index (χ1v) is 8.41. The molecule has 3 amide bonds. The molecule has 1 N–H and O–H groups in total. The first-order valence-electron chi connectivity index (χ1n) is 8.41. The van der Waals surface area contributed by atoms with E-state index >= 15 is 0 Å². The number of urea groups is 1. The predicted molar refractivity (Wildman–Crippen MR) is 84.9 cm³/mol. The van der Waals surface area contributed by atoms with Gasteiger partial charge in [0.1, 0.15) is 5.54 Å². The van der Waals surface area contributed by atoms with Crippen molar-refractivity contribution in [1.29, 1.82) is 0 Å². The minimum Gasteiger partial charge on any atom is -0.323 e. The van der Waals surface area contributed by atoms with Crippen LogP contribution < -0.4 is 5.32 Å². The van der Waals surface area contributed by atoms with Gasteiger partial charge in [-0.2, -0.15) is 0 Å². The molecule has 1 aliphatic heterocycles. The van der Waals surface area contributed by atoms with Crippen molar-refractivity contribution < 1.29 is 9.59 Å². The summed E-state index contributed by atoms with van der Waals surface area (Å²) < 4.78 is 0. The molecule has 0 unspecified atom stereocenters. The van der Waals surface area contributed by atoms with Crippen LogP contribution in [0, 0.1) is 0 Å². The van der Waals surface area contributed by atoms with Gasteiger partial charge in [0, 0.05) is 0 Å². The summed E-state index contributed by atoms with van der Waals surface area (Å²) in [5.41, 5.74) is -0.682. The average Bonchev–Trinajstić information content (AvgIpc) is 2.74. The maximum Gasteiger partial charge on any atom is 0.326 e. The zero-order chi connectivity index (χ0) is 15.9. The number of amides is 3. The van der Waals surface area contributed by atoms with Crippen LogP contribution in [0.4, 0.5) is 4.79 Å². The van der Waals surface area contributed by atoms with E-state index in [2.05, 4.69) is 24.1 Å². The number of hydrogen-bond donors (Lipinski definition) is 1. The number of carbonyl (C=O) groups excluding carboxylic acids is 2. The standard InChI is InChI=1S/C16H31N3O2/c1-5-9-11-18(12-10-6-2)13-19-14(20)16(7-3,8-4)17-15(19)21/h5-13H2,1-4H3,(H,17,21). The minimum absolute atomic E-state index is 0.0597. The smallest absolute Gasteiger partial charge is 0.323 e.